The van der Waals surface area contributed by atoms with Crippen molar-refractivity contribution in [1.82, 2.24) is 14.7 Å². The molecular weight excluding hydrogens is 298 g/mol. The van der Waals surface area contributed by atoms with Crippen LogP contribution in [0, 0.1) is 0 Å². The number of nitrogens with one attached hydrogen (secondary N) is 2. The standard InChI is InChI=1S/C12H13N3O5S/c1-20-11-4-8(2-3-13-11)6-15-21(18,19)9-5-10(12(16)17)14-7-9/h2-5,7,14-15H,6H2,1H3,(H,16,17). The van der Waals surface area contributed by atoms with Crippen LogP contribution in [0.1, 0.15) is 16.1 Å². The number of ether oxygens (including phenoxy) is 1. The second kappa shape index (κ2) is 5.94. The predicted molar refractivity (Wildman–Crippen MR) is 72.6 cm³/mol. The summed E-state index contributed by atoms with van der Waals surface area (Å²) < 4.78 is 31.4. The number of rotatable bonds is 6. The maximum Gasteiger partial charge on any atom is 0.352 e. The summed E-state index contributed by atoms with van der Waals surface area (Å²) in [5, 5.41) is 8.76. The smallest absolute Gasteiger partial charge is 0.352 e. The van der Waals surface area contributed by atoms with E-state index in [0.29, 0.717) is 11.4 Å². The van der Waals surface area contributed by atoms with Crippen molar-refractivity contribution in [2.24, 2.45) is 0 Å². The molecule has 0 amide bonds. The summed E-state index contributed by atoms with van der Waals surface area (Å²) in [6.07, 6.45) is 2.63. The molecule has 0 bridgehead atoms. The molecule has 21 heavy (non-hydrogen) atoms. The molecule has 0 aliphatic rings. The van der Waals surface area contributed by atoms with E-state index in [2.05, 4.69) is 14.7 Å². The molecular formula is C12H13N3O5S. The number of H-pyrrole nitrogens is 1. The van der Waals surface area contributed by atoms with Crippen LogP contribution in [0.2, 0.25) is 0 Å². The highest BCUT2D eigenvalue weighted by molar-refractivity contribution is 7.89. The molecule has 8 nitrogen and oxygen atoms in total. The Morgan fingerprint density at radius 3 is 2.86 bits per heavy atom. The van der Waals surface area contributed by atoms with E-state index in [9.17, 15) is 13.2 Å². The van der Waals surface area contributed by atoms with Crippen molar-refractivity contribution < 1.29 is 23.1 Å². The third kappa shape index (κ3) is 3.58. The molecule has 0 aromatic carbocycles. The normalized spacial score (nSPS) is 11.3. The number of hydrogen-bond acceptors (Lipinski definition) is 5. The maximum absolute atomic E-state index is 12.0. The monoisotopic (exact) mass is 311 g/mol. The summed E-state index contributed by atoms with van der Waals surface area (Å²) in [7, 11) is -2.33. The molecule has 0 aliphatic heterocycles. The van der Waals surface area contributed by atoms with Crippen LogP contribution >= 0.6 is 0 Å². The van der Waals surface area contributed by atoms with E-state index >= 15 is 0 Å². The van der Waals surface area contributed by atoms with Gasteiger partial charge in [-0.1, -0.05) is 0 Å². The van der Waals surface area contributed by atoms with Crippen molar-refractivity contribution in [2.45, 2.75) is 11.4 Å². The molecule has 9 heteroatoms. The van der Waals surface area contributed by atoms with Gasteiger partial charge in [-0.2, -0.15) is 0 Å². The van der Waals surface area contributed by atoms with Gasteiger partial charge in [-0.15, -0.1) is 0 Å². The number of aromatic amines is 1. The molecule has 2 aromatic rings. The van der Waals surface area contributed by atoms with E-state index < -0.39 is 16.0 Å². The lowest BCUT2D eigenvalue weighted by molar-refractivity contribution is 0.0691. The highest BCUT2D eigenvalue weighted by Crippen LogP contribution is 2.13. The number of methoxy groups -OCH3 is 1. The van der Waals surface area contributed by atoms with E-state index in [4.69, 9.17) is 9.84 Å². The minimum Gasteiger partial charge on any atom is -0.481 e. The molecule has 0 fully saturated rings. The van der Waals surface area contributed by atoms with Crippen molar-refractivity contribution in [3.05, 3.63) is 41.9 Å². The molecule has 3 N–H and O–H groups in total. The van der Waals surface area contributed by atoms with Crippen molar-refractivity contribution in [1.29, 1.82) is 0 Å². The van der Waals surface area contributed by atoms with Crippen molar-refractivity contribution in [3.8, 4) is 5.88 Å². The Bertz CT molecular complexity index is 754. The summed E-state index contributed by atoms with van der Waals surface area (Å²) in [6, 6.07) is 4.30. The van der Waals surface area contributed by atoms with E-state index in [1.54, 1.807) is 12.1 Å². The average molecular weight is 311 g/mol. The molecule has 2 aromatic heterocycles. The quantitative estimate of drug-likeness (QED) is 0.718. The van der Waals surface area contributed by atoms with Crippen molar-refractivity contribution in [3.63, 3.8) is 0 Å². The molecule has 0 atom stereocenters. The van der Waals surface area contributed by atoms with Crippen LogP contribution in [-0.2, 0) is 16.6 Å². The Morgan fingerprint density at radius 2 is 2.24 bits per heavy atom. The minimum absolute atomic E-state index is 0.0365. The third-order valence-electron chi connectivity index (χ3n) is 2.67. The Balaban J connectivity index is 2.11. The predicted octanol–water partition coefficient (Wildman–Crippen LogP) is 0.595. The van der Waals surface area contributed by atoms with E-state index in [-0.39, 0.29) is 17.1 Å². The Hall–Kier alpha value is -2.39. The van der Waals surface area contributed by atoms with Crippen LogP contribution in [0.4, 0.5) is 0 Å². The lowest BCUT2D eigenvalue weighted by atomic mass is 10.3. The summed E-state index contributed by atoms with van der Waals surface area (Å²) in [5.41, 5.74) is 0.473. The summed E-state index contributed by atoms with van der Waals surface area (Å²) in [4.78, 5) is 16.9. The summed E-state index contributed by atoms with van der Waals surface area (Å²) >= 11 is 0. The number of carboxylic acids is 1. The Labute approximate surface area is 120 Å². The first-order chi connectivity index (χ1) is 9.92. The average Bonchev–Trinajstić information content (AvgIpc) is 2.96. The van der Waals surface area contributed by atoms with Crippen LogP contribution < -0.4 is 9.46 Å². The van der Waals surface area contributed by atoms with Gasteiger partial charge in [0.2, 0.25) is 15.9 Å². The van der Waals surface area contributed by atoms with Crippen LogP contribution in [0.5, 0.6) is 5.88 Å². The number of hydrogen-bond donors (Lipinski definition) is 3. The fraction of sp³-hybridized carbons (Fsp3) is 0.167. The number of pyridine rings is 1. The zero-order valence-corrected chi connectivity index (χ0v) is 11.8. The minimum atomic E-state index is -3.80. The van der Waals surface area contributed by atoms with Gasteiger partial charge in [0.15, 0.2) is 0 Å². The Morgan fingerprint density at radius 1 is 1.48 bits per heavy atom. The second-order valence-corrected chi connectivity index (χ2v) is 5.85. The van der Waals surface area contributed by atoms with Gasteiger partial charge in [-0.3, -0.25) is 0 Å². The fourth-order valence-corrected chi connectivity index (χ4v) is 2.60. The largest absolute Gasteiger partial charge is 0.481 e. The molecule has 0 saturated heterocycles. The molecule has 2 heterocycles. The first-order valence-electron chi connectivity index (χ1n) is 5.82. The van der Waals surface area contributed by atoms with Crippen LogP contribution in [0.25, 0.3) is 0 Å². The molecule has 0 spiro atoms. The molecule has 0 unspecified atom stereocenters. The number of aromatic carboxylic acids is 1. The number of sulfonamides is 1. The van der Waals surface area contributed by atoms with E-state index in [1.165, 1.54) is 13.3 Å². The first-order valence-corrected chi connectivity index (χ1v) is 7.31. The van der Waals surface area contributed by atoms with Crippen molar-refractivity contribution >= 4 is 16.0 Å². The highest BCUT2D eigenvalue weighted by Gasteiger charge is 2.18. The highest BCUT2D eigenvalue weighted by atomic mass is 32.2. The number of aromatic nitrogens is 2. The number of carboxylic acid groups (broad SMARTS) is 1. The molecule has 112 valence electrons. The summed E-state index contributed by atoms with van der Waals surface area (Å²) in [6.45, 7) is 0.0365. The van der Waals surface area contributed by atoms with Gasteiger partial charge < -0.3 is 14.8 Å². The number of nitrogens with zero attached hydrogens (tertiary/aromatic N) is 1. The van der Waals surface area contributed by atoms with Gasteiger partial charge in [-0.25, -0.2) is 22.9 Å². The van der Waals surface area contributed by atoms with Gasteiger partial charge in [0.05, 0.1) is 7.11 Å². The van der Waals surface area contributed by atoms with Crippen LogP contribution in [0.15, 0.2) is 35.5 Å². The molecule has 0 saturated carbocycles. The maximum atomic E-state index is 12.0. The van der Waals surface area contributed by atoms with E-state index in [1.807, 2.05) is 0 Å². The Kier molecular flexibility index (Phi) is 4.24. The third-order valence-corrected chi connectivity index (χ3v) is 4.05. The topological polar surface area (TPSA) is 121 Å². The van der Waals surface area contributed by atoms with E-state index in [0.717, 1.165) is 12.3 Å². The van der Waals surface area contributed by atoms with Gasteiger partial charge in [0.1, 0.15) is 10.6 Å². The molecule has 0 radical (unpaired) electrons. The summed E-state index contributed by atoms with van der Waals surface area (Å²) in [5.74, 6) is -0.850. The van der Waals surface area contributed by atoms with Crippen LogP contribution in [0.3, 0.4) is 0 Å². The van der Waals surface area contributed by atoms with Gasteiger partial charge >= 0.3 is 5.97 Å². The lowest BCUT2D eigenvalue weighted by Crippen LogP contribution is -2.22. The SMILES string of the molecule is COc1cc(CNS(=O)(=O)c2c[nH]c(C(=O)O)c2)ccn1. The first kappa shape index (κ1) is 15.0. The fourth-order valence-electron chi connectivity index (χ4n) is 1.59. The molecule has 0 aliphatic carbocycles. The van der Waals surface area contributed by atoms with Gasteiger partial charge in [-0.05, 0) is 17.7 Å². The van der Waals surface area contributed by atoms with Crippen molar-refractivity contribution in [2.75, 3.05) is 7.11 Å². The number of carbonyl (C=O) groups is 1. The lowest BCUT2D eigenvalue weighted by Gasteiger charge is -2.06. The second-order valence-electron chi connectivity index (χ2n) is 4.09. The zero-order valence-electron chi connectivity index (χ0n) is 11.0. The van der Waals surface area contributed by atoms with Crippen LogP contribution in [-0.4, -0.2) is 36.6 Å². The molecule has 2 rings (SSSR count). The zero-order chi connectivity index (χ0) is 15.5. The van der Waals surface area contributed by atoms with Gasteiger partial charge in [0.25, 0.3) is 0 Å². The van der Waals surface area contributed by atoms with Gasteiger partial charge in [0, 0.05) is 25.0 Å².